The van der Waals surface area contributed by atoms with Gasteiger partial charge in [0.05, 0.1) is 16.6 Å². The lowest BCUT2D eigenvalue weighted by atomic mass is 10.1. The molecule has 0 radical (unpaired) electrons. The molecule has 3 N–H and O–H groups in total. The van der Waals surface area contributed by atoms with Gasteiger partial charge in [0, 0.05) is 18.1 Å². The third-order valence-corrected chi connectivity index (χ3v) is 6.43. The summed E-state index contributed by atoms with van der Waals surface area (Å²) in [5.74, 6) is -3.16. The van der Waals surface area contributed by atoms with E-state index < -0.39 is 29.6 Å². The molecule has 0 bridgehead atoms. The molecule has 0 spiro atoms. The highest BCUT2D eigenvalue weighted by molar-refractivity contribution is 6.39. The summed E-state index contributed by atoms with van der Waals surface area (Å²) in [5, 5.41) is 8.11. The molecule has 1 atom stereocenters. The fraction of sp³-hybridized carbons (Fsp3) is 0.292. The zero-order chi connectivity index (χ0) is 25.5. The third-order valence-electron chi connectivity index (χ3n) is 6.05. The van der Waals surface area contributed by atoms with Gasteiger partial charge < -0.3 is 20.5 Å². The predicted molar refractivity (Wildman–Crippen MR) is 124 cm³/mol. The Morgan fingerprint density at radius 1 is 1.06 bits per heavy atom. The van der Waals surface area contributed by atoms with Crippen LogP contribution < -0.4 is 16.0 Å². The zero-order valence-corrected chi connectivity index (χ0v) is 19.6. The number of halogens is 4. The zero-order valence-electron chi connectivity index (χ0n) is 18.8. The van der Waals surface area contributed by atoms with Gasteiger partial charge in [0.15, 0.2) is 0 Å². The first-order valence-electron chi connectivity index (χ1n) is 10.8. The van der Waals surface area contributed by atoms with Crippen LogP contribution in [0.2, 0.25) is 5.02 Å². The van der Waals surface area contributed by atoms with Crippen molar-refractivity contribution in [2.24, 2.45) is 0 Å². The Morgan fingerprint density at radius 2 is 1.69 bits per heavy atom. The van der Waals surface area contributed by atoms with Gasteiger partial charge in [0.25, 0.3) is 5.91 Å². The maximum absolute atomic E-state index is 12.6. The molecule has 1 fully saturated rings. The smallest absolute Gasteiger partial charge is 0.354 e. The van der Waals surface area contributed by atoms with E-state index in [4.69, 9.17) is 11.6 Å². The minimum Gasteiger partial charge on any atom is -0.354 e. The third kappa shape index (κ3) is 4.58. The molecule has 0 aliphatic heterocycles. The maximum Gasteiger partial charge on any atom is 0.471 e. The van der Waals surface area contributed by atoms with Crippen LogP contribution >= 0.6 is 11.6 Å². The number of rotatable bonds is 6. The average molecular weight is 507 g/mol. The molecule has 3 amide bonds. The number of nitrogens with zero attached hydrogens (tertiary/aromatic N) is 1. The lowest BCUT2D eigenvalue weighted by molar-refractivity contribution is -0.175. The number of aromatic nitrogens is 1. The Kier molecular flexibility index (Phi) is 6.27. The SMILES string of the molecule is CNC(=O)c1c(Cl)c2ccccc2n1-c1ccc(C(C)NC(=O)C2(NC(=O)C(F)(F)F)CC2)cc1. The fourth-order valence-electron chi connectivity index (χ4n) is 3.94. The van der Waals surface area contributed by atoms with Crippen LogP contribution in [0.5, 0.6) is 0 Å². The number of alkyl halides is 3. The lowest BCUT2D eigenvalue weighted by Gasteiger charge is -2.22. The number of amides is 3. The van der Waals surface area contributed by atoms with Crippen LogP contribution in [0.1, 0.15) is 41.9 Å². The van der Waals surface area contributed by atoms with Crippen LogP contribution in [0.3, 0.4) is 0 Å². The summed E-state index contributed by atoms with van der Waals surface area (Å²) >= 11 is 6.51. The summed E-state index contributed by atoms with van der Waals surface area (Å²) in [6.45, 7) is 1.69. The Labute approximate surface area is 203 Å². The van der Waals surface area contributed by atoms with Crippen molar-refractivity contribution in [3.8, 4) is 5.69 Å². The van der Waals surface area contributed by atoms with E-state index in [-0.39, 0.29) is 24.4 Å². The van der Waals surface area contributed by atoms with Gasteiger partial charge in [-0.25, -0.2) is 0 Å². The van der Waals surface area contributed by atoms with Gasteiger partial charge in [0.2, 0.25) is 5.91 Å². The first-order valence-corrected chi connectivity index (χ1v) is 11.2. The van der Waals surface area contributed by atoms with E-state index in [0.717, 1.165) is 5.52 Å². The van der Waals surface area contributed by atoms with Crippen molar-refractivity contribution >= 4 is 40.2 Å². The van der Waals surface area contributed by atoms with E-state index in [2.05, 4.69) is 10.6 Å². The molecule has 4 rings (SSSR count). The lowest BCUT2D eigenvalue weighted by Crippen LogP contribution is -2.52. The van der Waals surface area contributed by atoms with Crippen molar-refractivity contribution in [1.82, 2.24) is 20.5 Å². The molecule has 1 unspecified atom stereocenters. The number of nitrogens with one attached hydrogen (secondary N) is 3. The first kappa shape index (κ1) is 24.6. The van der Waals surface area contributed by atoms with Gasteiger partial charge in [-0.3, -0.25) is 14.4 Å². The summed E-state index contributed by atoms with van der Waals surface area (Å²) in [6, 6.07) is 13.8. The van der Waals surface area contributed by atoms with Gasteiger partial charge >= 0.3 is 12.1 Å². The number of hydrogen-bond donors (Lipinski definition) is 3. The second-order valence-corrected chi connectivity index (χ2v) is 8.79. The second-order valence-electron chi connectivity index (χ2n) is 8.41. The second kappa shape index (κ2) is 8.92. The highest BCUT2D eigenvalue weighted by Gasteiger charge is 2.55. The molecule has 1 heterocycles. The van der Waals surface area contributed by atoms with Crippen molar-refractivity contribution in [3.63, 3.8) is 0 Å². The standard InChI is InChI=1S/C24H22ClF3N4O3/c1-13(30-21(34)23(11-12-23)31-22(35)24(26,27)28)14-7-9-15(10-8-14)32-17-6-4-3-5-16(17)18(25)19(32)20(33)29-2/h3-10,13H,11-12H2,1-2H3,(H,29,33)(H,30,34)(H,31,35). The monoisotopic (exact) mass is 506 g/mol. The maximum atomic E-state index is 12.6. The van der Waals surface area contributed by atoms with Crippen molar-refractivity contribution in [1.29, 1.82) is 0 Å². The van der Waals surface area contributed by atoms with Crippen LogP contribution in [0.15, 0.2) is 48.5 Å². The van der Waals surface area contributed by atoms with Crippen LogP contribution in [-0.2, 0) is 9.59 Å². The molecular weight excluding hydrogens is 485 g/mol. The van der Waals surface area contributed by atoms with E-state index in [9.17, 15) is 27.6 Å². The molecule has 1 saturated carbocycles. The van der Waals surface area contributed by atoms with Gasteiger partial charge in [-0.2, -0.15) is 13.2 Å². The van der Waals surface area contributed by atoms with Gasteiger partial charge in [-0.15, -0.1) is 0 Å². The van der Waals surface area contributed by atoms with Crippen LogP contribution in [0, 0.1) is 0 Å². The summed E-state index contributed by atoms with van der Waals surface area (Å²) in [7, 11) is 1.51. The summed E-state index contributed by atoms with van der Waals surface area (Å²) in [6.07, 6.45) is -4.79. The number of hydrogen-bond acceptors (Lipinski definition) is 3. The van der Waals surface area contributed by atoms with E-state index in [0.29, 0.717) is 21.7 Å². The first-order chi connectivity index (χ1) is 16.5. The molecule has 1 aliphatic carbocycles. The van der Waals surface area contributed by atoms with Crippen molar-refractivity contribution in [2.45, 2.75) is 37.5 Å². The molecule has 7 nitrogen and oxygen atoms in total. The molecule has 2 aromatic carbocycles. The molecule has 11 heteroatoms. The fourth-order valence-corrected chi connectivity index (χ4v) is 4.27. The van der Waals surface area contributed by atoms with Crippen LogP contribution in [0.25, 0.3) is 16.6 Å². The molecule has 35 heavy (non-hydrogen) atoms. The van der Waals surface area contributed by atoms with Gasteiger partial charge in [-0.05, 0) is 43.5 Å². The van der Waals surface area contributed by atoms with Crippen LogP contribution in [0.4, 0.5) is 13.2 Å². The minimum absolute atomic E-state index is 0.135. The summed E-state index contributed by atoms with van der Waals surface area (Å²) in [5.41, 5.74) is 0.820. The van der Waals surface area contributed by atoms with E-state index in [1.165, 1.54) is 7.05 Å². The quantitative estimate of drug-likeness (QED) is 0.471. The minimum atomic E-state index is -5.06. The van der Waals surface area contributed by atoms with Crippen molar-refractivity contribution < 1.29 is 27.6 Å². The Bertz CT molecular complexity index is 1310. The highest BCUT2D eigenvalue weighted by atomic mass is 35.5. The number of carbonyl (C=O) groups is 3. The molecule has 3 aromatic rings. The number of fused-ring (bicyclic) bond motifs is 1. The van der Waals surface area contributed by atoms with Crippen LogP contribution in [-0.4, -0.2) is 41.1 Å². The van der Waals surface area contributed by atoms with Gasteiger partial charge in [-0.1, -0.05) is 41.9 Å². The van der Waals surface area contributed by atoms with Crippen molar-refractivity contribution in [2.75, 3.05) is 7.05 Å². The molecule has 1 aliphatic rings. The normalized spacial score (nSPS) is 15.4. The topological polar surface area (TPSA) is 92.2 Å². The van der Waals surface area contributed by atoms with Gasteiger partial charge in [0.1, 0.15) is 11.2 Å². The molecule has 1 aromatic heterocycles. The Balaban J connectivity index is 1.56. The van der Waals surface area contributed by atoms with E-state index in [1.54, 1.807) is 41.1 Å². The molecular formula is C24H22ClF3N4O3. The predicted octanol–water partition coefficient (Wildman–Crippen LogP) is 4.03. The summed E-state index contributed by atoms with van der Waals surface area (Å²) < 4.78 is 39.5. The molecule has 184 valence electrons. The number of benzene rings is 2. The number of carbonyl (C=O) groups excluding carboxylic acids is 3. The Hall–Kier alpha value is -3.53. The molecule has 0 saturated heterocycles. The van der Waals surface area contributed by atoms with Crippen molar-refractivity contribution in [3.05, 3.63) is 64.8 Å². The summed E-state index contributed by atoms with van der Waals surface area (Å²) in [4.78, 5) is 36.5. The average Bonchev–Trinajstić information content (AvgIpc) is 3.55. The van der Waals surface area contributed by atoms with E-state index in [1.807, 2.05) is 24.3 Å². The Morgan fingerprint density at radius 3 is 2.26 bits per heavy atom. The highest BCUT2D eigenvalue weighted by Crippen LogP contribution is 2.37. The largest absolute Gasteiger partial charge is 0.471 e. The van der Waals surface area contributed by atoms with E-state index >= 15 is 0 Å². The number of para-hydroxylation sites is 1.